The number of ether oxygens (including phenoxy) is 1. The Kier molecular flexibility index (Phi) is 51.8. The lowest BCUT2D eigenvalue weighted by Crippen LogP contribution is -2.43. The molecular formula is C29H45NO20. The third kappa shape index (κ3) is 54.8. The number of rotatable bonds is 17. The highest BCUT2D eigenvalue weighted by atomic mass is 16.7. The van der Waals surface area contributed by atoms with Crippen LogP contribution >= 0.6 is 0 Å². The van der Waals surface area contributed by atoms with E-state index in [1.165, 1.54) is 0 Å². The molecule has 0 bridgehead atoms. The highest BCUT2D eigenvalue weighted by molar-refractivity contribution is 5.81. The summed E-state index contributed by atoms with van der Waals surface area (Å²) in [4.78, 5) is 69.2. The second-order valence-electron chi connectivity index (χ2n) is 7.95. The van der Waals surface area contributed by atoms with Gasteiger partial charge in [-0.3, -0.25) is 0 Å². The fraction of sp³-hybridized carbons (Fsp3) is 0.345. The van der Waals surface area contributed by atoms with Crippen LogP contribution in [-0.2, 0) is 43.1 Å². The van der Waals surface area contributed by atoms with E-state index in [-0.39, 0.29) is 13.2 Å². The van der Waals surface area contributed by atoms with Crippen molar-refractivity contribution in [3.05, 3.63) is 75.9 Å². The summed E-state index contributed by atoms with van der Waals surface area (Å²) in [6.45, 7) is 14.8. The zero-order valence-corrected chi connectivity index (χ0v) is 26.9. The molecule has 0 aromatic rings. The van der Waals surface area contributed by atoms with Crippen molar-refractivity contribution in [2.24, 2.45) is 16.0 Å². The Bertz CT molecular complexity index is 930. The minimum Gasteiger partial charge on any atom is -0.478 e. The first-order chi connectivity index (χ1) is 23.2. The topological polar surface area (TPSA) is 373 Å². The molecule has 0 spiro atoms. The summed E-state index contributed by atoms with van der Waals surface area (Å²) < 4.78 is 5.15. The predicted molar refractivity (Wildman–Crippen MR) is 172 cm³/mol. The summed E-state index contributed by atoms with van der Waals surface area (Å²) in [6, 6.07) is 0. The van der Waals surface area contributed by atoms with Gasteiger partial charge in [-0.05, 0) is 0 Å². The largest absolute Gasteiger partial charge is 0.478 e. The first kappa shape index (κ1) is 59.8. The molecule has 0 heterocycles. The highest BCUT2D eigenvalue weighted by Gasteiger charge is 2.32. The van der Waals surface area contributed by atoms with Gasteiger partial charge in [0.15, 0.2) is 0 Å². The van der Waals surface area contributed by atoms with Gasteiger partial charge < -0.3 is 65.7 Å². The summed E-state index contributed by atoms with van der Waals surface area (Å²) in [5, 5.41) is 94.7. The fourth-order valence-electron chi connectivity index (χ4n) is 1.16. The summed E-state index contributed by atoms with van der Waals surface area (Å²) in [5.74, 6) is -5.68. The van der Waals surface area contributed by atoms with Gasteiger partial charge in [-0.2, -0.15) is 0 Å². The summed E-state index contributed by atoms with van der Waals surface area (Å²) in [6.07, 6.45) is 6.07. The molecule has 0 fully saturated rings. The van der Waals surface area contributed by atoms with E-state index in [1.807, 2.05) is 0 Å². The zero-order valence-electron chi connectivity index (χ0n) is 26.9. The molecule has 0 saturated heterocycles. The molecule has 0 aliphatic rings. The summed E-state index contributed by atoms with van der Waals surface area (Å²) in [7, 11) is 0. The summed E-state index contributed by atoms with van der Waals surface area (Å²) >= 11 is 0. The number of aliphatic hydroxyl groups excluding tert-OH is 6. The van der Waals surface area contributed by atoms with Crippen LogP contribution in [0.2, 0.25) is 0 Å². The maximum atomic E-state index is 9.96. The first-order valence-electron chi connectivity index (χ1n) is 12.6. The van der Waals surface area contributed by atoms with E-state index in [0.29, 0.717) is 0 Å². The molecule has 0 saturated carbocycles. The molecule has 11 N–H and O–H groups in total. The molecule has 21 nitrogen and oxygen atoms in total. The molecule has 0 radical (unpaired) electrons. The number of aliphatic carboxylic acids is 5. The summed E-state index contributed by atoms with van der Waals surface area (Å²) in [5.41, 5.74) is -2.32. The van der Waals surface area contributed by atoms with Crippen molar-refractivity contribution in [2.45, 2.75) is 0 Å². The monoisotopic (exact) mass is 727 g/mol. The van der Waals surface area contributed by atoms with Crippen molar-refractivity contribution >= 4 is 41.9 Å². The number of carbonyl (C=O) groups is 6. The average Bonchev–Trinajstić information content (AvgIpc) is 3.12. The lowest BCUT2D eigenvalue weighted by atomic mass is 9.91. The van der Waals surface area contributed by atoms with Gasteiger partial charge in [0.1, 0.15) is 0 Å². The quantitative estimate of drug-likeness (QED) is 0.0258. The number of hydrogen-bond acceptors (Lipinski definition) is 16. The zero-order chi connectivity index (χ0) is 41.2. The van der Waals surface area contributed by atoms with Crippen LogP contribution in [0.1, 0.15) is 0 Å². The Balaban J connectivity index is -0.0000000943. The normalized spacial score (nSPS) is 8.68. The lowest BCUT2D eigenvalue weighted by Gasteiger charge is -2.31. The number of carbonyl (C=O) groups excluding carboxylic acids is 2. The van der Waals surface area contributed by atoms with E-state index in [1.54, 1.807) is 0 Å². The molecular weight excluding hydrogens is 682 g/mol. The number of aliphatic hydroxyl groups is 6. The minimum atomic E-state index is -1.16. The van der Waals surface area contributed by atoms with Gasteiger partial charge in [0.05, 0.1) is 63.7 Å². The number of hydrogen-bond donors (Lipinski definition) is 11. The van der Waals surface area contributed by atoms with E-state index < -0.39 is 86.3 Å². The van der Waals surface area contributed by atoms with Gasteiger partial charge in [-0.25, -0.2) is 33.6 Å². The first-order valence-corrected chi connectivity index (χ1v) is 12.6. The van der Waals surface area contributed by atoms with Gasteiger partial charge in [-0.15, -0.1) is 0 Å². The van der Waals surface area contributed by atoms with Crippen molar-refractivity contribution in [3.63, 3.8) is 0 Å². The third-order valence-electron chi connectivity index (χ3n) is 4.04. The maximum Gasteiger partial charge on any atom is 0.359 e. The number of carboxylic acid groups (broad SMARTS) is 5. The van der Waals surface area contributed by atoms with Crippen molar-refractivity contribution in [1.82, 2.24) is 0 Å². The van der Waals surface area contributed by atoms with Crippen molar-refractivity contribution < 1.29 is 99.3 Å². The van der Waals surface area contributed by atoms with E-state index in [9.17, 15) is 33.6 Å². The SMILES string of the molecule is C=CC(=O)O.C=CC(=O)O.C=CC(=O)O.C=CC(=O)O.C=CC(=O)O.C=CC(=O)ON=C=O.OCC(CO)(CO)COCC(CO)(CO)CO. The number of carboxylic acids is 5. The molecule has 0 aliphatic heterocycles. The van der Waals surface area contributed by atoms with Gasteiger partial charge in [0.25, 0.3) is 6.08 Å². The molecule has 0 atom stereocenters. The predicted octanol–water partition coefficient (Wildman–Crippen LogP) is -1.82. The van der Waals surface area contributed by atoms with Crippen molar-refractivity contribution in [3.8, 4) is 0 Å². The third-order valence-corrected chi connectivity index (χ3v) is 4.04. The molecule has 0 amide bonds. The highest BCUT2D eigenvalue weighted by Crippen LogP contribution is 2.19. The number of isocyanates is 1. The lowest BCUT2D eigenvalue weighted by molar-refractivity contribution is -0.138. The van der Waals surface area contributed by atoms with Crippen LogP contribution in [0.4, 0.5) is 0 Å². The Hall–Kier alpha value is -5.64. The van der Waals surface area contributed by atoms with Crippen LogP contribution in [0, 0.1) is 10.8 Å². The molecule has 21 heteroatoms. The minimum absolute atomic E-state index is 0.141. The van der Waals surface area contributed by atoms with Crippen LogP contribution < -0.4 is 0 Å². The van der Waals surface area contributed by atoms with Crippen molar-refractivity contribution in [2.75, 3.05) is 52.9 Å². The second-order valence-corrected chi connectivity index (χ2v) is 7.95. The average molecular weight is 728 g/mol. The Labute approximate surface area is 286 Å². The standard InChI is InChI=1S/C10H22O7.C4H3NO3.5C3H4O2/c11-1-9(2-12,3-13)7-17-8-10(4-14,5-15)6-16;1-2-4(7)8-5-3-6;5*1-2-3(4)5/h11-16H,1-8H2;2H,1H2;5*2H,1H2,(H,4,5). The van der Waals surface area contributed by atoms with Crippen LogP contribution in [0.15, 0.2) is 81.1 Å². The second kappa shape index (κ2) is 43.4. The molecule has 286 valence electrons. The Morgan fingerprint density at radius 2 is 0.700 bits per heavy atom. The molecule has 0 aromatic heterocycles. The molecule has 0 aliphatic carbocycles. The molecule has 0 unspecified atom stereocenters. The van der Waals surface area contributed by atoms with E-state index in [2.05, 4.69) is 49.5 Å². The van der Waals surface area contributed by atoms with E-state index in [0.717, 1.165) is 42.5 Å². The van der Waals surface area contributed by atoms with Crippen LogP contribution in [0.25, 0.3) is 0 Å². The maximum absolute atomic E-state index is 9.96. The van der Waals surface area contributed by atoms with Crippen LogP contribution in [-0.4, -0.2) is 151 Å². The Morgan fingerprint density at radius 1 is 0.500 bits per heavy atom. The Morgan fingerprint density at radius 3 is 0.820 bits per heavy atom. The van der Waals surface area contributed by atoms with Gasteiger partial charge in [-0.1, -0.05) is 39.5 Å². The molecule has 0 rings (SSSR count). The molecule has 0 aromatic carbocycles. The van der Waals surface area contributed by atoms with Crippen LogP contribution in [0.5, 0.6) is 0 Å². The molecule has 50 heavy (non-hydrogen) atoms. The van der Waals surface area contributed by atoms with Gasteiger partial charge >= 0.3 is 35.8 Å². The van der Waals surface area contributed by atoms with E-state index >= 15 is 0 Å². The van der Waals surface area contributed by atoms with Gasteiger partial charge in [0, 0.05) is 41.6 Å². The number of nitrogens with zero attached hydrogens (tertiary/aromatic N) is 1. The van der Waals surface area contributed by atoms with Crippen molar-refractivity contribution in [1.29, 1.82) is 0 Å². The van der Waals surface area contributed by atoms with Gasteiger partial charge in [0.2, 0.25) is 0 Å². The smallest absolute Gasteiger partial charge is 0.359 e. The van der Waals surface area contributed by atoms with Crippen LogP contribution in [0.3, 0.4) is 0 Å². The fourth-order valence-corrected chi connectivity index (χ4v) is 1.16. The van der Waals surface area contributed by atoms with E-state index in [4.69, 9.17) is 60.9 Å².